The summed E-state index contributed by atoms with van der Waals surface area (Å²) in [6, 6.07) is 0. The Kier molecular flexibility index (Phi) is 2.13. The summed E-state index contributed by atoms with van der Waals surface area (Å²) in [6.07, 6.45) is 4.63. The van der Waals surface area contributed by atoms with E-state index in [-0.39, 0.29) is 17.6 Å². The van der Waals surface area contributed by atoms with E-state index in [1.807, 2.05) is 0 Å². The topological polar surface area (TPSA) is 49.5 Å². The lowest BCUT2D eigenvalue weighted by Gasteiger charge is -2.19. The van der Waals surface area contributed by atoms with Crippen molar-refractivity contribution in [1.82, 2.24) is 4.90 Å². The Morgan fingerprint density at radius 2 is 2.15 bits per heavy atom. The van der Waals surface area contributed by atoms with Gasteiger partial charge in [-0.2, -0.15) is 0 Å². The van der Waals surface area contributed by atoms with Crippen LogP contribution in [0, 0.1) is 5.41 Å². The molecule has 1 aliphatic carbocycles. The number of rotatable bonds is 1. The third-order valence-electron chi connectivity index (χ3n) is 4.03. The van der Waals surface area contributed by atoms with E-state index in [1.54, 1.807) is 0 Å². The van der Waals surface area contributed by atoms with Gasteiger partial charge in [-0.25, -0.2) is 0 Å². The Morgan fingerprint density at radius 1 is 1.38 bits per heavy atom. The fraction of sp³-hybridized carbons (Fsp3) is 1.00. The van der Waals surface area contributed by atoms with Gasteiger partial charge in [-0.3, -0.25) is 0 Å². The van der Waals surface area contributed by atoms with Gasteiger partial charge in [0.1, 0.15) is 0 Å². The van der Waals surface area contributed by atoms with Crippen molar-refractivity contribution in [2.45, 2.75) is 31.2 Å². The van der Waals surface area contributed by atoms with E-state index in [0.29, 0.717) is 0 Å². The molecule has 0 aromatic heterocycles. The van der Waals surface area contributed by atoms with Crippen molar-refractivity contribution in [2.24, 2.45) is 11.1 Å². The SMILES string of the molecule is CN1CCCC2(CC1)CC2(N)CO. The third kappa shape index (κ3) is 1.39. The molecule has 1 saturated carbocycles. The molecule has 1 aliphatic heterocycles. The minimum absolute atomic E-state index is 0.163. The molecule has 2 atom stereocenters. The molecule has 0 amide bonds. The molecule has 2 rings (SSSR count). The maximum absolute atomic E-state index is 9.20. The van der Waals surface area contributed by atoms with E-state index in [1.165, 1.54) is 25.8 Å². The molecule has 0 bridgehead atoms. The molecule has 2 aliphatic rings. The van der Waals surface area contributed by atoms with Gasteiger partial charge < -0.3 is 15.7 Å². The molecule has 0 aromatic carbocycles. The molecule has 1 saturated heterocycles. The zero-order valence-corrected chi connectivity index (χ0v) is 8.42. The zero-order chi connectivity index (χ0) is 9.53. The van der Waals surface area contributed by atoms with Crippen molar-refractivity contribution >= 4 is 0 Å². The highest BCUT2D eigenvalue weighted by Gasteiger charge is 2.63. The van der Waals surface area contributed by atoms with Gasteiger partial charge in [0.05, 0.1) is 6.61 Å². The quantitative estimate of drug-likeness (QED) is 0.611. The molecule has 3 N–H and O–H groups in total. The van der Waals surface area contributed by atoms with E-state index < -0.39 is 0 Å². The van der Waals surface area contributed by atoms with Gasteiger partial charge in [-0.15, -0.1) is 0 Å². The second-order valence-electron chi connectivity index (χ2n) is 4.93. The van der Waals surface area contributed by atoms with Crippen LogP contribution in [0.3, 0.4) is 0 Å². The summed E-state index contributed by atoms with van der Waals surface area (Å²) >= 11 is 0. The molecule has 2 unspecified atom stereocenters. The van der Waals surface area contributed by atoms with Crippen LogP contribution >= 0.6 is 0 Å². The standard InChI is InChI=1S/C10H20N2O/c1-12-5-2-3-9(4-6-12)7-10(9,11)8-13/h13H,2-8,11H2,1H3. The first-order chi connectivity index (χ1) is 6.12. The fourth-order valence-electron chi connectivity index (χ4n) is 2.79. The van der Waals surface area contributed by atoms with Crippen LogP contribution in [0.25, 0.3) is 0 Å². The van der Waals surface area contributed by atoms with Gasteiger partial charge in [-0.05, 0) is 51.2 Å². The number of aliphatic hydroxyl groups is 1. The van der Waals surface area contributed by atoms with E-state index in [4.69, 9.17) is 5.73 Å². The number of hydrogen-bond acceptors (Lipinski definition) is 3. The third-order valence-corrected chi connectivity index (χ3v) is 4.03. The number of nitrogens with zero attached hydrogens (tertiary/aromatic N) is 1. The summed E-state index contributed by atoms with van der Waals surface area (Å²) < 4.78 is 0. The maximum Gasteiger partial charge on any atom is 0.0616 e. The predicted octanol–water partition coefficient (Wildman–Crippen LogP) is 0.182. The number of nitrogens with two attached hydrogens (primary N) is 1. The Balaban J connectivity index is 2.02. The van der Waals surface area contributed by atoms with Crippen LogP contribution in [0.2, 0.25) is 0 Å². The second-order valence-corrected chi connectivity index (χ2v) is 4.93. The molecule has 1 heterocycles. The smallest absolute Gasteiger partial charge is 0.0616 e. The summed E-state index contributed by atoms with van der Waals surface area (Å²) in [7, 11) is 2.17. The van der Waals surface area contributed by atoms with Crippen LogP contribution in [0.1, 0.15) is 25.7 Å². The summed E-state index contributed by atoms with van der Waals surface area (Å²) in [6.45, 7) is 2.49. The summed E-state index contributed by atoms with van der Waals surface area (Å²) in [5.74, 6) is 0. The molecule has 0 radical (unpaired) electrons. The summed E-state index contributed by atoms with van der Waals surface area (Å²) in [5, 5.41) is 9.20. The monoisotopic (exact) mass is 184 g/mol. The molecule has 2 fully saturated rings. The molecular weight excluding hydrogens is 164 g/mol. The van der Waals surface area contributed by atoms with Crippen molar-refractivity contribution < 1.29 is 5.11 Å². The number of likely N-dealkylation sites (tertiary alicyclic amines) is 1. The molecular formula is C10H20N2O. The molecule has 76 valence electrons. The molecule has 3 nitrogen and oxygen atoms in total. The van der Waals surface area contributed by atoms with Crippen LogP contribution in [0.15, 0.2) is 0 Å². The molecule has 13 heavy (non-hydrogen) atoms. The first-order valence-electron chi connectivity index (χ1n) is 5.20. The average molecular weight is 184 g/mol. The number of hydrogen-bond donors (Lipinski definition) is 2. The van der Waals surface area contributed by atoms with Crippen molar-refractivity contribution in [3.63, 3.8) is 0 Å². The Labute approximate surface area is 79.9 Å². The average Bonchev–Trinajstić information content (AvgIpc) is 2.75. The van der Waals surface area contributed by atoms with Crippen LogP contribution in [0.5, 0.6) is 0 Å². The van der Waals surface area contributed by atoms with Crippen LogP contribution in [-0.4, -0.2) is 42.3 Å². The number of aliphatic hydroxyl groups excluding tert-OH is 1. The zero-order valence-electron chi connectivity index (χ0n) is 8.42. The van der Waals surface area contributed by atoms with E-state index in [2.05, 4.69) is 11.9 Å². The van der Waals surface area contributed by atoms with Crippen LogP contribution in [0.4, 0.5) is 0 Å². The van der Waals surface area contributed by atoms with E-state index >= 15 is 0 Å². The van der Waals surface area contributed by atoms with Crippen molar-refractivity contribution in [1.29, 1.82) is 0 Å². The Morgan fingerprint density at radius 3 is 2.77 bits per heavy atom. The lowest BCUT2D eigenvalue weighted by molar-refractivity contribution is 0.214. The Hall–Kier alpha value is -0.120. The Bertz CT molecular complexity index is 209. The molecule has 0 aromatic rings. The summed E-state index contributed by atoms with van der Waals surface area (Å²) in [4.78, 5) is 2.37. The maximum atomic E-state index is 9.20. The van der Waals surface area contributed by atoms with Gasteiger partial charge in [-0.1, -0.05) is 0 Å². The first-order valence-corrected chi connectivity index (χ1v) is 5.20. The highest BCUT2D eigenvalue weighted by molar-refractivity contribution is 5.19. The van der Waals surface area contributed by atoms with Gasteiger partial charge in [0.25, 0.3) is 0 Å². The van der Waals surface area contributed by atoms with E-state index in [0.717, 1.165) is 13.0 Å². The van der Waals surface area contributed by atoms with Gasteiger partial charge in [0, 0.05) is 5.54 Å². The van der Waals surface area contributed by atoms with Gasteiger partial charge in [0.2, 0.25) is 0 Å². The van der Waals surface area contributed by atoms with Crippen molar-refractivity contribution in [3.8, 4) is 0 Å². The molecule has 1 spiro atoms. The van der Waals surface area contributed by atoms with Gasteiger partial charge in [0.15, 0.2) is 0 Å². The largest absolute Gasteiger partial charge is 0.394 e. The highest BCUT2D eigenvalue weighted by atomic mass is 16.3. The molecule has 3 heteroatoms. The minimum atomic E-state index is -0.238. The first kappa shape index (κ1) is 9.44. The van der Waals surface area contributed by atoms with Gasteiger partial charge >= 0.3 is 0 Å². The normalized spacial score (nSPS) is 46.4. The van der Waals surface area contributed by atoms with Crippen LogP contribution in [-0.2, 0) is 0 Å². The fourth-order valence-corrected chi connectivity index (χ4v) is 2.79. The van der Waals surface area contributed by atoms with E-state index in [9.17, 15) is 5.11 Å². The van der Waals surface area contributed by atoms with Crippen molar-refractivity contribution in [3.05, 3.63) is 0 Å². The highest BCUT2D eigenvalue weighted by Crippen LogP contribution is 2.60. The summed E-state index contributed by atoms with van der Waals surface area (Å²) in [5.41, 5.74) is 6.15. The predicted molar refractivity (Wildman–Crippen MR) is 52.4 cm³/mol. The lowest BCUT2D eigenvalue weighted by atomic mass is 9.92. The second kappa shape index (κ2) is 2.94. The minimum Gasteiger partial charge on any atom is -0.394 e. The van der Waals surface area contributed by atoms with Crippen LogP contribution < -0.4 is 5.73 Å². The lowest BCUT2D eigenvalue weighted by Crippen LogP contribution is -2.35. The van der Waals surface area contributed by atoms with Crippen molar-refractivity contribution in [2.75, 3.05) is 26.7 Å².